The van der Waals surface area contributed by atoms with E-state index in [0.29, 0.717) is 17.0 Å². The number of furan rings is 1. The first-order valence-corrected chi connectivity index (χ1v) is 7.22. The second-order valence-corrected chi connectivity index (χ2v) is 5.06. The van der Waals surface area contributed by atoms with Crippen molar-refractivity contribution in [1.29, 1.82) is 0 Å². The zero-order valence-corrected chi connectivity index (χ0v) is 12.8. The molecule has 3 aromatic rings. The summed E-state index contributed by atoms with van der Waals surface area (Å²) >= 11 is 0. The summed E-state index contributed by atoms with van der Waals surface area (Å²) in [6.45, 7) is 0. The first-order valence-electron chi connectivity index (χ1n) is 7.22. The summed E-state index contributed by atoms with van der Waals surface area (Å²) in [7, 11) is 0. The quantitative estimate of drug-likeness (QED) is 0.403. The van der Waals surface area contributed by atoms with E-state index in [9.17, 15) is 20.2 Å². The molecule has 1 aromatic carbocycles. The van der Waals surface area contributed by atoms with Crippen LogP contribution in [0.15, 0.2) is 71.4 Å². The minimum Gasteiger partial charge on any atom is -0.394 e. The van der Waals surface area contributed by atoms with Crippen molar-refractivity contribution < 1.29 is 18.8 Å². The van der Waals surface area contributed by atoms with Crippen LogP contribution in [0.1, 0.15) is 11.3 Å². The summed E-state index contributed by atoms with van der Waals surface area (Å²) in [6, 6.07) is 14.2. The van der Waals surface area contributed by atoms with E-state index in [1.807, 2.05) is 6.07 Å². The first-order chi connectivity index (χ1) is 12.0. The van der Waals surface area contributed by atoms with Gasteiger partial charge in [-0.25, -0.2) is 0 Å². The van der Waals surface area contributed by atoms with Crippen molar-refractivity contribution in [3.63, 3.8) is 0 Å². The molecule has 0 saturated heterocycles. The Labute approximate surface area is 141 Å². The number of non-ortho nitro benzene ring substituents is 1. The van der Waals surface area contributed by atoms with E-state index in [-0.39, 0.29) is 11.6 Å². The van der Waals surface area contributed by atoms with Gasteiger partial charge in [-0.1, -0.05) is 6.07 Å². The van der Waals surface area contributed by atoms with Crippen LogP contribution < -0.4 is 4.57 Å². The molecule has 0 spiro atoms. The highest BCUT2D eigenvalue weighted by Gasteiger charge is 2.21. The van der Waals surface area contributed by atoms with Crippen molar-refractivity contribution in [1.82, 2.24) is 0 Å². The molecule has 0 fully saturated rings. The van der Waals surface area contributed by atoms with E-state index < -0.39 is 9.85 Å². The molecule has 2 aromatic heterocycles. The number of benzene rings is 1. The smallest absolute Gasteiger partial charge is 0.394 e. The molecule has 0 atom stereocenters. The van der Waals surface area contributed by atoms with Gasteiger partial charge in [-0.2, -0.15) is 4.57 Å². The van der Waals surface area contributed by atoms with Gasteiger partial charge in [0.25, 0.3) is 11.4 Å². The van der Waals surface area contributed by atoms with Gasteiger partial charge in [0.05, 0.1) is 11.0 Å². The van der Waals surface area contributed by atoms with Crippen LogP contribution in [0.3, 0.4) is 0 Å². The maximum absolute atomic E-state index is 10.9. The highest BCUT2D eigenvalue weighted by Crippen LogP contribution is 2.23. The van der Waals surface area contributed by atoms with Crippen molar-refractivity contribution in [2.75, 3.05) is 0 Å². The molecular formula is C17H12N3O5+. The lowest BCUT2D eigenvalue weighted by atomic mass is 10.1. The summed E-state index contributed by atoms with van der Waals surface area (Å²) in [4.78, 5) is 20.5. The predicted molar refractivity (Wildman–Crippen MR) is 88.4 cm³/mol. The maximum atomic E-state index is 10.9. The topological polar surface area (TPSA) is 103 Å². The first kappa shape index (κ1) is 16.1. The average Bonchev–Trinajstić information content (AvgIpc) is 3.11. The minimum atomic E-state index is -0.608. The molecule has 0 aliphatic heterocycles. The Kier molecular flexibility index (Phi) is 4.34. The Bertz CT molecular complexity index is 946. The van der Waals surface area contributed by atoms with Crippen LogP contribution in [0, 0.1) is 20.2 Å². The third-order valence-corrected chi connectivity index (χ3v) is 3.43. The van der Waals surface area contributed by atoms with Crippen molar-refractivity contribution >= 4 is 23.3 Å². The Hall–Kier alpha value is -3.81. The second kappa shape index (κ2) is 6.75. The Morgan fingerprint density at radius 2 is 1.60 bits per heavy atom. The SMILES string of the molecule is O=[N+]([O-])c1ccc(/C=C(/c2ccc([N+](=O)[O-])o2)[n+]2ccccc2)cc1. The Morgan fingerprint density at radius 3 is 2.16 bits per heavy atom. The molecule has 8 heteroatoms. The van der Waals surface area contributed by atoms with E-state index in [0.717, 1.165) is 0 Å². The molecule has 0 aliphatic rings. The predicted octanol–water partition coefficient (Wildman–Crippen LogP) is 3.43. The van der Waals surface area contributed by atoms with E-state index in [4.69, 9.17) is 4.42 Å². The number of hydrogen-bond acceptors (Lipinski definition) is 5. The van der Waals surface area contributed by atoms with Crippen LogP contribution in [0.5, 0.6) is 0 Å². The van der Waals surface area contributed by atoms with Gasteiger partial charge in [-0.15, -0.1) is 0 Å². The van der Waals surface area contributed by atoms with Crippen LogP contribution in [0.4, 0.5) is 11.6 Å². The molecular weight excluding hydrogens is 326 g/mol. The van der Waals surface area contributed by atoms with Gasteiger partial charge in [-0.05, 0) is 23.8 Å². The van der Waals surface area contributed by atoms with Crippen LogP contribution in [-0.4, -0.2) is 9.85 Å². The molecule has 0 amide bonds. The monoisotopic (exact) mass is 338 g/mol. The average molecular weight is 338 g/mol. The van der Waals surface area contributed by atoms with Crippen LogP contribution in [-0.2, 0) is 0 Å². The van der Waals surface area contributed by atoms with Crippen molar-refractivity contribution in [3.05, 3.63) is 98.5 Å². The molecule has 0 aliphatic carbocycles. The highest BCUT2D eigenvalue weighted by molar-refractivity contribution is 5.74. The standard InChI is InChI=1S/C17H12N3O5/c21-19(22)14-6-4-13(5-7-14)12-15(18-10-2-1-3-11-18)16-8-9-17(25-16)20(23)24/h1-12H/q+1/b15-12-. The molecule has 0 saturated carbocycles. The fourth-order valence-electron chi connectivity index (χ4n) is 2.25. The largest absolute Gasteiger partial charge is 0.433 e. The zero-order chi connectivity index (χ0) is 17.8. The number of nitro benzene ring substituents is 1. The number of aromatic nitrogens is 1. The number of nitrogens with zero attached hydrogens (tertiary/aromatic N) is 3. The molecule has 8 nitrogen and oxygen atoms in total. The van der Waals surface area contributed by atoms with E-state index in [1.165, 1.54) is 24.3 Å². The van der Waals surface area contributed by atoms with E-state index in [1.54, 1.807) is 47.3 Å². The number of pyridine rings is 1. The number of nitro groups is 2. The van der Waals surface area contributed by atoms with E-state index in [2.05, 4.69) is 0 Å². The lowest BCUT2D eigenvalue weighted by Gasteiger charge is -1.99. The third-order valence-electron chi connectivity index (χ3n) is 3.43. The fraction of sp³-hybridized carbons (Fsp3) is 0. The Balaban J connectivity index is 2.07. The molecule has 2 heterocycles. The normalized spacial score (nSPS) is 11.3. The summed E-state index contributed by atoms with van der Waals surface area (Å²) < 4.78 is 7.04. The number of hydrogen-bond donors (Lipinski definition) is 0. The lowest BCUT2D eigenvalue weighted by molar-refractivity contribution is -0.579. The molecule has 0 N–H and O–H groups in total. The van der Waals surface area contributed by atoms with Gasteiger partial charge in [0.15, 0.2) is 12.4 Å². The van der Waals surface area contributed by atoms with Crippen LogP contribution in [0.25, 0.3) is 11.8 Å². The van der Waals surface area contributed by atoms with Gasteiger partial charge >= 0.3 is 5.88 Å². The number of rotatable bonds is 5. The lowest BCUT2D eigenvalue weighted by Crippen LogP contribution is -2.31. The zero-order valence-electron chi connectivity index (χ0n) is 12.8. The van der Waals surface area contributed by atoms with Gasteiger partial charge in [-0.3, -0.25) is 20.2 Å². The summed E-state index contributed by atoms with van der Waals surface area (Å²) in [6.07, 6.45) is 5.27. The third kappa shape index (κ3) is 3.58. The van der Waals surface area contributed by atoms with E-state index >= 15 is 0 Å². The molecule has 0 bridgehead atoms. The molecule has 124 valence electrons. The molecule has 3 rings (SSSR count). The molecule has 0 radical (unpaired) electrons. The Morgan fingerprint density at radius 1 is 0.920 bits per heavy atom. The van der Waals surface area contributed by atoms with Gasteiger partial charge in [0.1, 0.15) is 4.92 Å². The van der Waals surface area contributed by atoms with Crippen LogP contribution >= 0.6 is 0 Å². The second-order valence-electron chi connectivity index (χ2n) is 5.06. The summed E-state index contributed by atoms with van der Waals surface area (Å²) in [5.41, 5.74) is 1.23. The van der Waals surface area contributed by atoms with Crippen molar-refractivity contribution in [2.24, 2.45) is 0 Å². The summed E-state index contributed by atoms with van der Waals surface area (Å²) in [5.74, 6) is -0.0533. The minimum absolute atomic E-state index is 0.0142. The highest BCUT2D eigenvalue weighted by atomic mass is 16.6. The van der Waals surface area contributed by atoms with Crippen molar-refractivity contribution in [3.8, 4) is 0 Å². The summed E-state index contributed by atoms with van der Waals surface area (Å²) in [5, 5.41) is 21.6. The van der Waals surface area contributed by atoms with Gasteiger partial charge in [0, 0.05) is 30.3 Å². The van der Waals surface area contributed by atoms with Gasteiger partial charge < -0.3 is 4.42 Å². The molecule has 25 heavy (non-hydrogen) atoms. The van der Waals surface area contributed by atoms with Crippen molar-refractivity contribution in [2.45, 2.75) is 0 Å². The molecule has 0 unspecified atom stereocenters. The van der Waals surface area contributed by atoms with Gasteiger partial charge in [0.2, 0.25) is 5.76 Å². The fourth-order valence-corrected chi connectivity index (χ4v) is 2.25. The maximum Gasteiger partial charge on any atom is 0.433 e. The van der Waals surface area contributed by atoms with Crippen LogP contribution in [0.2, 0.25) is 0 Å².